The van der Waals surface area contributed by atoms with E-state index in [0.29, 0.717) is 6.42 Å². The average Bonchev–Trinajstić information content (AvgIpc) is 2.32. The topological polar surface area (TPSA) is 34.1 Å². The Labute approximate surface area is 99.8 Å². The molecule has 0 heterocycles. The van der Waals surface area contributed by atoms with E-state index < -0.39 is 5.92 Å². The minimum atomic E-state index is -0.607. The molecule has 0 N–H and O–H groups in total. The van der Waals surface area contributed by atoms with E-state index in [1.54, 1.807) is 12.6 Å². The van der Waals surface area contributed by atoms with Gasteiger partial charge in [-0.05, 0) is 6.42 Å². The molecule has 2 nitrogen and oxygen atoms in total. The van der Waals surface area contributed by atoms with Gasteiger partial charge in [-0.25, -0.2) is 0 Å². The standard InChI is InChI=1S/C14H24O2/c1-2-3-4-5-6-7-8-9-10-11-14(12-15)13-16/h14H,2-11H2,1H3. The maximum atomic E-state index is 10.2. The van der Waals surface area contributed by atoms with Gasteiger partial charge in [0, 0.05) is 0 Å². The molecule has 2 heteroatoms. The van der Waals surface area contributed by atoms with Gasteiger partial charge < -0.3 is 0 Å². The zero-order valence-electron chi connectivity index (χ0n) is 10.5. The molecule has 0 atom stereocenters. The first-order chi connectivity index (χ1) is 7.85. The van der Waals surface area contributed by atoms with Gasteiger partial charge in [-0.2, -0.15) is 0 Å². The highest BCUT2D eigenvalue weighted by Crippen LogP contribution is 2.12. The van der Waals surface area contributed by atoms with Crippen LogP contribution in [0, 0.1) is 5.92 Å². The molecule has 0 aliphatic rings. The molecule has 0 saturated carbocycles. The normalized spacial score (nSPS) is 10.6. The number of carbonyl (C=O) groups excluding carboxylic acids is 2. The van der Waals surface area contributed by atoms with Crippen LogP contribution in [-0.4, -0.2) is 12.6 Å². The number of hydrogen-bond acceptors (Lipinski definition) is 2. The van der Waals surface area contributed by atoms with Crippen LogP contribution in [0.1, 0.15) is 71.1 Å². The fraction of sp³-hybridized carbons (Fsp3) is 0.857. The summed E-state index contributed by atoms with van der Waals surface area (Å²) >= 11 is 0. The Bertz CT molecular complexity index is 158. The van der Waals surface area contributed by atoms with Crippen molar-refractivity contribution in [1.29, 1.82) is 0 Å². The van der Waals surface area contributed by atoms with Crippen molar-refractivity contribution in [3.63, 3.8) is 0 Å². The highest BCUT2D eigenvalue weighted by Gasteiger charge is 2.06. The van der Waals surface area contributed by atoms with Crippen molar-refractivity contribution >= 4 is 12.6 Å². The lowest BCUT2D eigenvalue weighted by atomic mass is 10.0. The van der Waals surface area contributed by atoms with E-state index in [1.165, 1.54) is 44.9 Å². The van der Waals surface area contributed by atoms with Crippen LogP contribution in [0.3, 0.4) is 0 Å². The summed E-state index contributed by atoms with van der Waals surface area (Å²) in [5, 5.41) is 0. The first-order valence-corrected chi connectivity index (χ1v) is 6.60. The SMILES string of the molecule is CCCCCCCCCCCC([C]=O)[C]=O. The maximum Gasteiger partial charge on any atom is 0.210 e. The van der Waals surface area contributed by atoms with Gasteiger partial charge in [-0.3, -0.25) is 9.59 Å². The lowest BCUT2D eigenvalue weighted by Crippen LogP contribution is -2.02. The third-order valence-electron chi connectivity index (χ3n) is 2.88. The molecular weight excluding hydrogens is 200 g/mol. The van der Waals surface area contributed by atoms with Crippen LogP contribution in [-0.2, 0) is 9.59 Å². The van der Waals surface area contributed by atoms with Crippen molar-refractivity contribution in [2.45, 2.75) is 71.1 Å². The molecule has 0 aromatic heterocycles. The fourth-order valence-corrected chi connectivity index (χ4v) is 1.80. The lowest BCUT2D eigenvalue weighted by molar-refractivity contribution is 0.496. The van der Waals surface area contributed by atoms with Gasteiger partial charge in [-0.1, -0.05) is 64.7 Å². The molecule has 0 aliphatic heterocycles. The predicted octanol–water partition coefficient (Wildman–Crippen LogP) is 3.74. The monoisotopic (exact) mass is 224 g/mol. The van der Waals surface area contributed by atoms with Crippen LogP contribution in [0.5, 0.6) is 0 Å². The van der Waals surface area contributed by atoms with Crippen molar-refractivity contribution < 1.29 is 9.59 Å². The molecule has 0 bridgehead atoms. The summed E-state index contributed by atoms with van der Waals surface area (Å²) < 4.78 is 0. The van der Waals surface area contributed by atoms with Crippen molar-refractivity contribution in [2.75, 3.05) is 0 Å². The zero-order valence-corrected chi connectivity index (χ0v) is 10.5. The average molecular weight is 224 g/mol. The van der Waals surface area contributed by atoms with Crippen LogP contribution >= 0.6 is 0 Å². The highest BCUT2D eigenvalue weighted by atomic mass is 16.1. The van der Waals surface area contributed by atoms with Gasteiger partial charge in [0.05, 0.1) is 5.92 Å². The molecule has 0 aromatic rings. The lowest BCUT2D eigenvalue weighted by Gasteiger charge is -2.02. The van der Waals surface area contributed by atoms with Crippen molar-refractivity contribution in [3.05, 3.63) is 0 Å². The Hall–Kier alpha value is -0.660. The maximum absolute atomic E-state index is 10.2. The van der Waals surface area contributed by atoms with Crippen molar-refractivity contribution in [3.8, 4) is 0 Å². The summed E-state index contributed by atoms with van der Waals surface area (Å²) in [7, 11) is 0. The molecule has 0 aliphatic carbocycles. The van der Waals surface area contributed by atoms with Gasteiger partial charge >= 0.3 is 0 Å². The molecule has 0 saturated heterocycles. The number of rotatable bonds is 12. The fourth-order valence-electron chi connectivity index (χ4n) is 1.80. The molecule has 92 valence electrons. The summed E-state index contributed by atoms with van der Waals surface area (Å²) in [5.41, 5.74) is 0. The molecule has 0 spiro atoms. The zero-order chi connectivity index (χ0) is 12.1. The minimum Gasteiger partial charge on any atom is -0.290 e. The second-order valence-corrected chi connectivity index (χ2v) is 4.41. The number of hydrogen-bond donors (Lipinski definition) is 0. The molecule has 0 unspecified atom stereocenters. The Kier molecular flexibility index (Phi) is 11.9. The van der Waals surface area contributed by atoms with Crippen LogP contribution in [0.25, 0.3) is 0 Å². The van der Waals surface area contributed by atoms with Gasteiger partial charge in [0.25, 0.3) is 0 Å². The Morgan fingerprint density at radius 3 is 1.62 bits per heavy atom. The second-order valence-electron chi connectivity index (χ2n) is 4.41. The summed E-state index contributed by atoms with van der Waals surface area (Å²) in [6.07, 6.45) is 15.3. The van der Waals surface area contributed by atoms with E-state index in [0.717, 1.165) is 12.8 Å². The van der Waals surface area contributed by atoms with Gasteiger partial charge in [-0.15, -0.1) is 0 Å². The summed E-state index contributed by atoms with van der Waals surface area (Å²) in [4.78, 5) is 20.4. The molecular formula is C14H24O2. The van der Waals surface area contributed by atoms with E-state index in [4.69, 9.17) is 0 Å². The van der Waals surface area contributed by atoms with Crippen LogP contribution in [0.4, 0.5) is 0 Å². The Morgan fingerprint density at radius 2 is 1.19 bits per heavy atom. The van der Waals surface area contributed by atoms with E-state index in [2.05, 4.69) is 6.92 Å². The third kappa shape index (κ3) is 9.88. The molecule has 16 heavy (non-hydrogen) atoms. The minimum absolute atomic E-state index is 0.607. The van der Waals surface area contributed by atoms with Crippen LogP contribution in [0.2, 0.25) is 0 Å². The molecule has 0 aromatic carbocycles. The summed E-state index contributed by atoms with van der Waals surface area (Å²) in [5.74, 6) is -0.607. The van der Waals surface area contributed by atoms with E-state index in [-0.39, 0.29) is 0 Å². The van der Waals surface area contributed by atoms with Crippen molar-refractivity contribution in [2.24, 2.45) is 5.92 Å². The smallest absolute Gasteiger partial charge is 0.210 e. The van der Waals surface area contributed by atoms with E-state index in [1.807, 2.05) is 0 Å². The second kappa shape index (κ2) is 12.4. The highest BCUT2D eigenvalue weighted by molar-refractivity contribution is 5.77. The van der Waals surface area contributed by atoms with E-state index >= 15 is 0 Å². The van der Waals surface area contributed by atoms with Gasteiger partial charge in [0.2, 0.25) is 12.6 Å². The largest absolute Gasteiger partial charge is 0.290 e. The first-order valence-electron chi connectivity index (χ1n) is 6.60. The van der Waals surface area contributed by atoms with Crippen molar-refractivity contribution in [1.82, 2.24) is 0 Å². The quantitative estimate of drug-likeness (QED) is 0.374. The van der Waals surface area contributed by atoms with Gasteiger partial charge in [0.15, 0.2) is 0 Å². The summed E-state index contributed by atoms with van der Waals surface area (Å²) in [6.45, 7) is 2.23. The van der Waals surface area contributed by atoms with Crippen LogP contribution < -0.4 is 0 Å². The van der Waals surface area contributed by atoms with Crippen LogP contribution in [0.15, 0.2) is 0 Å². The molecule has 0 fully saturated rings. The number of unbranched alkanes of at least 4 members (excludes halogenated alkanes) is 8. The molecule has 0 amide bonds. The van der Waals surface area contributed by atoms with Gasteiger partial charge in [0.1, 0.15) is 0 Å². The third-order valence-corrected chi connectivity index (χ3v) is 2.88. The molecule has 0 rings (SSSR count). The first kappa shape index (κ1) is 15.3. The van der Waals surface area contributed by atoms with E-state index in [9.17, 15) is 9.59 Å². The predicted molar refractivity (Wildman–Crippen MR) is 66.7 cm³/mol. The Morgan fingerprint density at radius 1 is 0.750 bits per heavy atom. The Balaban J connectivity index is 3.09. The summed E-state index contributed by atoms with van der Waals surface area (Å²) in [6, 6.07) is 0. The molecule has 2 radical (unpaired) electrons.